The van der Waals surface area contributed by atoms with Gasteiger partial charge in [-0.15, -0.1) is 0 Å². The molecular formula is C14H12O2. The Labute approximate surface area is 93.9 Å². The lowest BCUT2D eigenvalue weighted by atomic mass is 9.94. The molecule has 0 aliphatic rings. The molecule has 0 N–H and O–H groups in total. The molecule has 0 aliphatic heterocycles. The molecule has 0 atom stereocenters. The predicted molar refractivity (Wildman–Crippen MR) is 64.0 cm³/mol. The quantitative estimate of drug-likeness (QED) is 0.716. The summed E-state index contributed by atoms with van der Waals surface area (Å²) in [7, 11) is 0. The molecule has 0 saturated carbocycles. The van der Waals surface area contributed by atoms with Gasteiger partial charge < -0.3 is 0 Å². The van der Waals surface area contributed by atoms with E-state index in [2.05, 4.69) is 0 Å². The Bertz CT molecular complexity index is 582. The Morgan fingerprint density at radius 3 is 2.19 bits per heavy atom. The predicted octanol–water partition coefficient (Wildman–Crippen LogP) is 3.25. The number of rotatable bonds is 2. The number of carbonyl (C=O) groups is 2. The minimum Gasteiger partial charge on any atom is -0.294 e. The summed E-state index contributed by atoms with van der Waals surface area (Å²) in [4.78, 5) is 23.1. The van der Waals surface area contributed by atoms with Crippen LogP contribution in [0.4, 0.5) is 0 Å². The zero-order valence-corrected chi connectivity index (χ0v) is 9.28. The number of benzene rings is 2. The molecule has 2 rings (SSSR count). The fraction of sp³-hybridized carbons (Fsp3) is 0.143. The molecule has 0 saturated heterocycles. The van der Waals surface area contributed by atoms with E-state index in [0.29, 0.717) is 11.1 Å². The van der Waals surface area contributed by atoms with E-state index in [1.807, 2.05) is 30.3 Å². The van der Waals surface area contributed by atoms with E-state index in [1.54, 1.807) is 6.07 Å². The van der Waals surface area contributed by atoms with Gasteiger partial charge in [0.05, 0.1) is 0 Å². The average Bonchev–Trinajstić information content (AvgIpc) is 2.27. The molecule has 2 aromatic carbocycles. The number of carbonyl (C=O) groups excluding carboxylic acids is 2. The lowest BCUT2D eigenvalue weighted by Gasteiger charge is -2.07. The molecule has 2 aromatic rings. The zero-order valence-electron chi connectivity index (χ0n) is 9.28. The maximum Gasteiger partial charge on any atom is 0.161 e. The Kier molecular flexibility index (Phi) is 2.57. The van der Waals surface area contributed by atoms with Crippen LogP contribution >= 0.6 is 0 Å². The molecule has 16 heavy (non-hydrogen) atoms. The van der Waals surface area contributed by atoms with Crippen molar-refractivity contribution >= 4 is 22.3 Å². The lowest BCUT2D eigenvalue weighted by Crippen LogP contribution is -2.04. The fourth-order valence-electron chi connectivity index (χ4n) is 1.94. The lowest BCUT2D eigenvalue weighted by molar-refractivity contribution is 0.0982. The Balaban J connectivity index is 2.90. The Hall–Kier alpha value is -1.96. The largest absolute Gasteiger partial charge is 0.294 e. The molecule has 80 valence electrons. The standard InChI is InChI=1S/C14H12O2/c1-9(15)12-8-7-11-5-3-4-6-13(11)14(12)10(2)16/h3-8H,1-2H3. The third-order valence-corrected chi connectivity index (χ3v) is 2.66. The number of ketones is 2. The Morgan fingerprint density at radius 1 is 0.875 bits per heavy atom. The van der Waals surface area contributed by atoms with Crippen molar-refractivity contribution in [3.8, 4) is 0 Å². The summed E-state index contributed by atoms with van der Waals surface area (Å²) in [5, 5.41) is 1.83. The average molecular weight is 212 g/mol. The Morgan fingerprint density at radius 2 is 1.56 bits per heavy atom. The normalized spacial score (nSPS) is 10.4. The first-order valence-electron chi connectivity index (χ1n) is 5.15. The summed E-state index contributed by atoms with van der Waals surface area (Å²) in [5.74, 6) is -0.141. The van der Waals surface area contributed by atoms with Crippen molar-refractivity contribution in [2.24, 2.45) is 0 Å². The maximum atomic E-state index is 11.6. The van der Waals surface area contributed by atoms with Crippen LogP contribution < -0.4 is 0 Å². The summed E-state index contributed by atoms with van der Waals surface area (Å²) in [6.45, 7) is 2.98. The van der Waals surface area contributed by atoms with Crippen LogP contribution in [0.2, 0.25) is 0 Å². The van der Waals surface area contributed by atoms with Crippen molar-refractivity contribution in [1.29, 1.82) is 0 Å². The highest BCUT2D eigenvalue weighted by molar-refractivity contribution is 6.15. The molecule has 0 amide bonds. The van der Waals surface area contributed by atoms with E-state index in [-0.39, 0.29) is 11.6 Å². The molecule has 2 nitrogen and oxygen atoms in total. The summed E-state index contributed by atoms with van der Waals surface area (Å²) in [6.07, 6.45) is 0. The number of hydrogen-bond donors (Lipinski definition) is 0. The van der Waals surface area contributed by atoms with Crippen molar-refractivity contribution in [2.75, 3.05) is 0 Å². The summed E-state index contributed by atoms with van der Waals surface area (Å²) >= 11 is 0. The van der Waals surface area contributed by atoms with Crippen LogP contribution in [0.1, 0.15) is 34.6 Å². The SMILES string of the molecule is CC(=O)c1ccc2ccccc2c1C(C)=O. The second-order valence-corrected chi connectivity index (χ2v) is 3.82. The van der Waals surface area contributed by atoms with Gasteiger partial charge in [0.2, 0.25) is 0 Å². The second-order valence-electron chi connectivity index (χ2n) is 3.82. The van der Waals surface area contributed by atoms with E-state index < -0.39 is 0 Å². The molecule has 0 bridgehead atoms. The van der Waals surface area contributed by atoms with Crippen molar-refractivity contribution in [1.82, 2.24) is 0 Å². The molecular weight excluding hydrogens is 200 g/mol. The highest BCUT2D eigenvalue weighted by Gasteiger charge is 2.14. The number of hydrogen-bond acceptors (Lipinski definition) is 2. The van der Waals surface area contributed by atoms with Crippen LogP contribution in [-0.2, 0) is 0 Å². The van der Waals surface area contributed by atoms with Gasteiger partial charge in [0.15, 0.2) is 11.6 Å². The minimum absolute atomic E-state index is 0.0676. The van der Waals surface area contributed by atoms with Gasteiger partial charge in [0, 0.05) is 11.1 Å². The fourth-order valence-corrected chi connectivity index (χ4v) is 1.94. The first kappa shape index (κ1) is 10.6. The van der Waals surface area contributed by atoms with Gasteiger partial charge in [0.25, 0.3) is 0 Å². The van der Waals surface area contributed by atoms with Gasteiger partial charge in [-0.05, 0) is 24.6 Å². The first-order valence-corrected chi connectivity index (χ1v) is 5.15. The van der Waals surface area contributed by atoms with E-state index in [0.717, 1.165) is 10.8 Å². The van der Waals surface area contributed by atoms with Crippen molar-refractivity contribution in [3.05, 3.63) is 47.5 Å². The third kappa shape index (κ3) is 1.63. The molecule has 0 fully saturated rings. The molecule has 0 heterocycles. The highest BCUT2D eigenvalue weighted by Crippen LogP contribution is 2.23. The van der Waals surface area contributed by atoms with E-state index >= 15 is 0 Å². The van der Waals surface area contributed by atoms with Gasteiger partial charge in [-0.25, -0.2) is 0 Å². The van der Waals surface area contributed by atoms with E-state index in [4.69, 9.17) is 0 Å². The molecule has 0 aliphatic carbocycles. The van der Waals surface area contributed by atoms with Crippen LogP contribution in [0.25, 0.3) is 10.8 Å². The van der Waals surface area contributed by atoms with Gasteiger partial charge in [-0.2, -0.15) is 0 Å². The van der Waals surface area contributed by atoms with Crippen LogP contribution in [0.5, 0.6) is 0 Å². The summed E-state index contributed by atoms with van der Waals surface area (Å²) < 4.78 is 0. The monoisotopic (exact) mass is 212 g/mol. The minimum atomic E-state index is -0.0732. The van der Waals surface area contributed by atoms with Crippen LogP contribution in [0, 0.1) is 0 Å². The van der Waals surface area contributed by atoms with Crippen LogP contribution in [0.3, 0.4) is 0 Å². The molecule has 0 radical (unpaired) electrons. The van der Waals surface area contributed by atoms with E-state index in [9.17, 15) is 9.59 Å². The van der Waals surface area contributed by atoms with Gasteiger partial charge >= 0.3 is 0 Å². The van der Waals surface area contributed by atoms with Crippen LogP contribution in [0.15, 0.2) is 36.4 Å². The summed E-state index contributed by atoms with van der Waals surface area (Å²) in [6, 6.07) is 11.2. The number of Topliss-reactive ketones (excluding diaryl/α,β-unsaturated/α-hetero) is 2. The molecule has 0 aromatic heterocycles. The summed E-state index contributed by atoms with van der Waals surface area (Å²) in [5.41, 5.74) is 1.04. The zero-order chi connectivity index (χ0) is 11.7. The maximum absolute atomic E-state index is 11.6. The van der Waals surface area contributed by atoms with Gasteiger partial charge in [-0.3, -0.25) is 9.59 Å². The first-order chi connectivity index (χ1) is 7.61. The van der Waals surface area contributed by atoms with Crippen molar-refractivity contribution in [3.63, 3.8) is 0 Å². The van der Waals surface area contributed by atoms with Gasteiger partial charge in [-0.1, -0.05) is 36.4 Å². The van der Waals surface area contributed by atoms with Crippen LogP contribution in [-0.4, -0.2) is 11.6 Å². The molecule has 0 unspecified atom stereocenters. The number of fused-ring (bicyclic) bond motifs is 1. The highest BCUT2D eigenvalue weighted by atomic mass is 16.1. The third-order valence-electron chi connectivity index (χ3n) is 2.66. The smallest absolute Gasteiger partial charge is 0.161 e. The second kappa shape index (κ2) is 3.89. The van der Waals surface area contributed by atoms with Crippen molar-refractivity contribution < 1.29 is 9.59 Å². The van der Waals surface area contributed by atoms with Gasteiger partial charge in [0.1, 0.15) is 0 Å². The van der Waals surface area contributed by atoms with Crippen molar-refractivity contribution in [2.45, 2.75) is 13.8 Å². The molecule has 2 heteroatoms. The molecule has 0 spiro atoms. The topological polar surface area (TPSA) is 34.1 Å². The van der Waals surface area contributed by atoms with E-state index in [1.165, 1.54) is 13.8 Å².